The van der Waals surface area contributed by atoms with Crippen LogP contribution in [0.1, 0.15) is 16.8 Å². The van der Waals surface area contributed by atoms with Crippen LogP contribution in [0.4, 0.5) is 0 Å². The molecule has 0 aliphatic rings. The predicted octanol–water partition coefficient (Wildman–Crippen LogP) is 5.77. The monoisotopic (exact) mass is 387 g/mol. The Morgan fingerprint density at radius 1 is 0.964 bits per heavy atom. The summed E-state index contributed by atoms with van der Waals surface area (Å²) >= 11 is 1.74. The van der Waals surface area contributed by atoms with Gasteiger partial charge < -0.3 is 10.1 Å². The molecule has 1 aromatic heterocycles. The first kappa shape index (κ1) is 18.4. The maximum atomic E-state index is 11.4. The second kappa shape index (κ2) is 7.95. The molecule has 0 aliphatic heterocycles. The van der Waals surface area contributed by atoms with Crippen molar-refractivity contribution in [3.63, 3.8) is 0 Å². The number of aromatic nitrogens is 1. The number of carboxylic acids is 1. The lowest BCUT2D eigenvalue weighted by atomic mass is 9.99. The average molecular weight is 388 g/mol. The Kier molecular flexibility index (Phi) is 5.22. The lowest BCUT2D eigenvalue weighted by Crippen LogP contribution is -2.03. The average Bonchev–Trinajstić information content (AvgIpc) is 3.05. The molecule has 0 fully saturated rings. The lowest BCUT2D eigenvalue weighted by molar-refractivity contribution is -0.136. The molecule has 4 heteroatoms. The molecule has 140 valence electrons. The molecule has 0 unspecified atom stereocenters. The molecule has 2 N–H and O–H groups in total. The van der Waals surface area contributed by atoms with Gasteiger partial charge in [0.05, 0.1) is 6.42 Å². The summed E-state index contributed by atoms with van der Waals surface area (Å²) in [6, 6.07) is 24.9. The Balaban J connectivity index is 1.63. The van der Waals surface area contributed by atoms with Gasteiger partial charge in [-0.1, -0.05) is 54.6 Å². The molecule has 4 rings (SSSR count). The summed E-state index contributed by atoms with van der Waals surface area (Å²) in [6.45, 7) is 0. The highest BCUT2D eigenvalue weighted by molar-refractivity contribution is 7.98. The van der Waals surface area contributed by atoms with Crippen LogP contribution in [0.25, 0.3) is 22.0 Å². The molecule has 0 aliphatic carbocycles. The number of benzene rings is 3. The largest absolute Gasteiger partial charge is 0.481 e. The minimum absolute atomic E-state index is 0.0267. The van der Waals surface area contributed by atoms with Gasteiger partial charge in [-0.05, 0) is 46.7 Å². The number of aromatic amines is 1. The van der Waals surface area contributed by atoms with Gasteiger partial charge >= 0.3 is 5.97 Å². The van der Waals surface area contributed by atoms with Crippen molar-refractivity contribution in [1.82, 2.24) is 4.98 Å². The number of hydrogen-bond acceptors (Lipinski definition) is 2. The maximum absolute atomic E-state index is 11.4. The van der Waals surface area contributed by atoms with E-state index in [4.69, 9.17) is 0 Å². The fourth-order valence-corrected chi connectivity index (χ4v) is 4.04. The van der Waals surface area contributed by atoms with E-state index < -0.39 is 5.97 Å². The molecule has 28 heavy (non-hydrogen) atoms. The predicted molar refractivity (Wildman–Crippen MR) is 116 cm³/mol. The zero-order valence-electron chi connectivity index (χ0n) is 15.6. The Bertz CT molecular complexity index is 1130. The summed E-state index contributed by atoms with van der Waals surface area (Å²) in [4.78, 5) is 16.0. The van der Waals surface area contributed by atoms with E-state index in [9.17, 15) is 9.90 Å². The number of H-pyrrole nitrogens is 1. The summed E-state index contributed by atoms with van der Waals surface area (Å²) in [7, 11) is 0. The summed E-state index contributed by atoms with van der Waals surface area (Å²) in [5.74, 6) is -0.810. The van der Waals surface area contributed by atoms with Crippen LogP contribution in [0, 0.1) is 0 Å². The van der Waals surface area contributed by atoms with Crippen LogP contribution in [0.3, 0.4) is 0 Å². The standard InChI is InChI=1S/C24H21NO2S/c1-28-19-6-4-5-18(14-19)17-11-9-16(10-12-17)13-23-21(15-24(26)27)20-7-2-3-8-22(20)25-23/h2-12,14,25H,13,15H2,1H3,(H,26,27). The van der Waals surface area contributed by atoms with E-state index in [-0.39, 0.29) is 6.42 Å². The smallest absolute Gasteiger partial charge is 0.307 e. The molecular weight excluding hydrogens is 366 g/mol. The van der Waals surface area contributed by atoms with Gasteiger partial charge in [-0.2, -0.15) is 0 Å². The number of fused-ring (bicyclic) bond motifs is 1. The third-order valence-electron chi connectivity index (χ3n) is 4.97. The number of para-hydroxylation sites is 1. The third-order valence-corrected chi connectivity index (χ3v) is 5.69. The van der Waals surface area contributed by atoms with Gasteiger partial charge in [0.2, 0.25) is 0 Å². The van der Waals surface area contributed by atoms with Crippen LogP contribution < -0.4 is 0 Å². The maximum Gasteiger partial charge on any atom is 0.307 e. The van der Waals surface area contributed by atoms with Crippen LogP contribution in [0.15, 0.2) is 77.7 Å². The first-order valence-electron chi connectivity index (χ1n) is 9.17. The normalized spacial score (nSPS) is 11.0. The second-order valence-corrected chi connectivity index (χ2v) is 7.68. The molecule has 0 saturated carbocycles. The molecular formula is C24H21NO2S. The van der Waals surface area contributed by atoms with E-state index in [1.165, 1.54) is 16.0 Å². The number of thioether (sulfide) groups is 1. The zero-order valence-corrected chi connectivity index (χ0v) is 16.4. The fraction of sp³-hybridized carbons (Fsp3) is 0.125. The van der Waals surface area contributed by atoms with Crippen molar-refractivity contribution in [1.29, 1.82) is 0 Å². The highest BCUT2D eigenvalue weighted by atomic mass is 32.2. The van der Waals surface area contributed by atoms with Crippen LogP contribution in [0.2, 0.25) is 0 Å². The van der Waals surface area contributed by atoms with E-state index in [1.54, 1.807) is 11.8 Å². The van der Waals surface area contributed by atoms with Crippen molar-refractivity contribution in [2.45, 2.75) is 17.7 Å². The van der Waals surface area contributed by atoms with E-state index >= 15 is 0 Å². The minimum Gasteiger partial charge on any atom is -0.481 e. The van der Waals surface area contributed by atoms with Gasteiger partial charge in [-0.25, -0.2) is 0 Å². The molecule has 0 radical (unpaired) electrons. The number of carboxylic acid groups (broad SMARTS) is 1. The number of hydrogen-bond donors (Lipinski definition) is 2. The summed E-state index contributed by atoms with van der Waals surface area (Å²) in [5.41, 5.74) is 6.38. The van der Waals surface area contributed by atoms with Crippen LogP contribution in [-0.2, 0) is 17.6 Å². The van der Waals surface area contributed by atoms with E-state index in [2.05, 4.69) is 59.8 Å². The molecule has 0 saturated heterocycles. The molecule has 1 heterocycles. The first-order chi connectivity index (χ1) is 13.6. The molecule has 0 amide bonds. The molecule has 0 spiro atoms. The third kappa shape index (κ3) is 3.82. The Morgan fingerprint density at radius 2 is 1.75 bits per heavy atom. The highest BCUT2D eigenvalue weighted by Gasteiger charge is 2.14. The summed E-state index contributed by atoms with van der Waals surface area (Å²) in [6.07, 6.45) is 2.79. The van der Waals surface area contributed by atoms with Crippen LogP contribution in [0.5, 0.6) is 0 Å². The number of rotatable bonds is 6. The van der Waals surface area contributed by atoms with E-state index in [0.29, 0.717) is 6.42 Å². The lowest BCUT2D eigenvalue weighted by Gasteiger charge is -2.07. The zero-order chi connectivity index (χ0) is 19.5. The van der Waals surface area contributed by atoms with Gasteiger partial charge in [0.1, 0.15) is 0 Å². The Hall–Kier alpha value is -2.98. The molecule has 3 nitrogen and oxygen atoms in total. The molecule has 3 aromatic carbocycles. The summed E-state index contributed by atoms with van der Waals surface area (Å²) < 4.78 is 0. The second-order valence-electron chi connectivity index (χ2n) is 6.80. The minimum atomic E-state index is -0.810. The van der Waals surface area contributed by atoms with Crippen molar-refractivity contribution < 1.29 is 9.90 Å². The van der Waals surface area contributed by atoms with Gasteiger partial charge in [-0.15, -0.1) is 11.8 Å². The van der Waals surface area contributed by atoms with Gasteiger partial charge in [0.15, 0.2) is 0 Å². The SMILES string of the molecule is CSc1cccc(-c2ccc(Cc3[nH]c4ccccc4c3CC(=O)O)cc2)c1. The highest BCUT2D eigenvalue weighted by Crippen LogP contribution is 2.27. The molecule has 4 aromatic rings. The van der Waals surface area contributed by atoms with Crippen molar-refractivity contribution in [3.05, 3.63) is 89.6 Å². The van der Waals surface area contributed by atoms with Crippen molar-refractivity contribution in [2.24, 2.45) is 0 Å². The first-order valence-corrected chi connectivity index (χ1v) is 10.4. The number of aliphatic carboxylic acids is 1. The summed E-state index contributed by atoms with van der Waals surface area (Å²) in [5, 5.41) is 10.3. The molecule has 0 atom stereocenters. The number of nitrogens with one attached hydrogen (secondary N) is 1. The van der Waals surface area contributed by atoms with Crippen molar-refractivity contribution in [3.8, 4) is 11.1 Å². The number of carbonyl (C=O) groups is 1. The fourth-order valence-electron chi connectivity index (χ4n) is 3.58. The molecule has 0 bridgehead atoms. The Morgan fingerprint density at radius 3 is 2.50 bits per heavy atom. The van der Waals surface area contributed by atoms with E-state index in [1.807, 2.05) is 24.3 Å². The van der Waals surface area contributed by atoms with Crippen molar-refractivity contribution >= 4 is 28.6 Å². The topological polar surface area (TPSA) is 53.1 Å². The van der Waals surface area contributed by atoms with Crippen LogP contribution in [-0.4, -0.2) is 22.3 Å². The van der Waals surface area contributed by atoms with E-state index in [0.717, 1.165) is 27.7 Å². The van der Waals surface area contributed by atoms with Crippen molar-refractivity contribution in [2.75, 3.05) is 6.26 Å². The van der Waals surface area contributed by atoms with Crippen LogP contribution >= 0.6 is 11.8 Å². The van der Waals surface area contributed by atoms with Gasteiger partial charge in [0.25, 0.3) is 0 Å². The Labute approximate surface area is 168 Å². The van der Waals surface area contributed by atoms with Gasteiger partial charge in [-0.3, -0.25) is 4.79 Å². The quantitative estimate of drug-likeness (QED) is 0.413. The van der Waals surface area contributed by atoms with Gasteiger partial charge in [0, 0.05) is 27.9 Å².